The molecule has 2 saturated heterocycles. The molecule has 1 saturated carbocycles. The van der Waals surface area contributed by atoms with Crippen LogP contribution in [0.15, 0.2) is 24.4 Å². The molecule has 0 spiro atoms. The quantitative estimate of drug-likeness (QED) is 0.836. The van der Waals surface area contributed by atoms with Crippen LogP contribution in [0.2, 0.25) is 0 Å². The lowest BCUT2D eigenvalue weighted by Gasteiger charge is -2.40. The largest absolute Gasteiger partial charge is 0.471 e. The molecule has 0 unspecified atom stereocenters. The molecule has 2 amide bonds. The first-order valence-electron chi connectivity index (χ1n) is 8.58. The number of nitrogens with zero attached hydrogens (tertiary/aromatic N) is 3. The molecule has 6 heteroatoms. The fourth-order valence-corrected chi connectivity index (χ4v) is 3.94. The Labute approximate surface area is 136 Å². The van der Waals surface area contributed by atoms with Gasteiger partial charge in [0.2, 0.25) is 5.88 Å². The molecule has 3 aliphatic rings. The SMILES string of the molecule is O=C(N1CCCC1)N1CCO[C@H]2[C@@H](Oc3ccccn3)CC[C@@H]21. The number of morpholine rings is 1. The number of carbonyl (C=O) groups is 1. The molecule has 3 fully saturated rings. The lowest BCUT2D eigenvalue weighted by Crippen LogP contribution is -2.57. The summed E-state index contributed by atoms with van der Waals surface area (Å²) in [4.78, 5) is 21.0. The van der Waals surface area contributed by atoms with Crippen LogP contribution < -0.4 is 4.74 Å². The van der Waals surface area contributed by atoms with E-state index in [0.29, 0.717) is 19.0 Å². The molecule has 23 heavy (non-hydrogen) atoms. The van der Waals surface area contributed by atoms with Crippen LogP contribution in [0.5, 0.6) is 5.88 Å². The second-order valence-corrected chi connectivity index (χ2v) is 6.47. The van der Waals surface area contributed by atoms with Crippen LogP contribution in [-0.2, 0) is 4.74 Å². The van der Waals surface area contributed by atoms with Gasteiger partial charge in [-0.25, -0.2) is 9.78 Å². The molecule has 1 aromatic rings. The lowest BCUT2D eigenvalue weighted by atomic mass is 10.1. The van der Waals surface area contributed by atoms with E-state index in [-0.39, 0.29) is 24.3 Å². The third-order valence-electron chi connectivity index (χ3n) is 5.07. The van der Waals surface area contributed by atoms with Gasteiger partial charge in [0.1, 0.15) is 12.2 Å². The average Bonchev–Trinajstić information content (AvgIpc) is 3.25. The Balaban J connectivity index is 1.44. The monoisotopic (exact) mass is 317 g/mol. The maximum atomic E-state index is 12.8. The molecular formula is C17H23N3O3. The van der Waals surface area contributed by atoms with Gasteiger partial charge in [-0.1, -0.05) is 6.07 Å². The van der Waals surface area contributed by atoms with Gasteiger partial charge in [-0.15, -0.1) is 0 Å². The molecule has 6 nitrogen and oxygen atoms in total. The minimum atomic E-state index is -0.0442. The van der Waals surface area contributed by atoms with Gasteiger partial charge in [-0.3, -0.25) is 0 Å². The topological polar surface area (TPSA) is 54.9 Å². The summed E-state index contributed by atoms with van der Waals surface area (Å²) in [6.07, 6.45) is 5.73. The van der Waals surface area contributed by atoms with Crippen molar-refractivity contribution < 1.29 is 14.3 Å². The zero-order chi connectivity index (χ0) is 15.6. The molecule has 1 aromatic heterocycles. The highest BCUT2D eigenvalue weighted by Crippen LogP contribution is 2.33. The highest BCUT2D eigenvalue weighted by Gasteiger charge is 2.46. The summed E-state index contributed by atoms with van der Waals surface area (Å²) in [7, 11) is 0. The van der Waals surface area contributed by atoms with Gasteiger partial charge >= 0.3 is 6.03 Å². The molecule has 4 rings (SSSR count). The predicted molar refractivity (Wildman–Crippen MR) is 84.3 cm³/mol. The van der Waals surface area contributed by atoms with Crippen LogP contribution in [0.3, 0.4) is 0 Å². The summed E-state index contributed by atoms with van der Waals surface area (Å²) < 4.78 is 12.0. The molecule has 3 heterocycles. The number of hydrogen-bond donors (Lipinski definition) is 0. The molecule has 2 aliphatic heterocycles. The number of amides is 2. The van der Waals surface area contributed by atoms with Crippen molar-refractivity contribution in [1.82, 2.24) is 14.8 Å². The molecular weight excluding hydrogens is 294 g/mol. The Kier molecular flexibility index (Phi) is 4.08. The van der Waals surface area contributed by atoms with Gasteiger partial charge in [0.25, 0.3) is 0 Å². The summed E-state index contributed by atoms with van der Waals surface area (Å²) in [5.74, 6) is 0.629. The van der Waals surface area contributed by atoms with Crippen molar-refractivity contribution >= 4 is 6.03 Å². The molecule has 0 aromatic carbocycles. The van der Waals surface area contributed by atoms with Crippen molar-refractivity contribution in [1.29, 1.82) is 0 Å². The fourth-order valence-electron chi connectivity index (χ4n) is 3.94. The van der Waals surface area contributed by atoms with Gasteiger partial charge in [0.05, 0.1) is 12.6 Å². The van der Waals surface area contributed by atoms with Gasteiger partial charge in [0, 0.05) is 31.9 Å². The summed E-state index contributed by atoms with van der Waals surface area (Å²) >= 11 is 0. The van der Waals surface area contributed by atoms with E-state index >= 15 is 0 Å². The first-order chi connectivity index (χ1) is 11.3. The molecule has 0 bridgehead atoms. The van der Waals surface area contributed by atoms with E-state index < -0.39 is 0 Å². The van der Waals surface area contributed by atoms with Gasteiger partial charge in [-0.2, -0.15) is 0 Å². The number of rotatable bonds is 2. The van der Waals surface area contributed by atoms with Crippen molar-refractivity contribution in [3.8, 4) is 5.88 Å². The minimum Gasteiger partial charge on any atom is -0.471 e. The second-order valence-electron chi connectivity index (χ2n) is 6.47. The van der Waals surface area contributed by atoms with E-state index in [1.54, 1.807) is 6.20 Å². The van der Waals surface area contributed by atoms with E-state index in [9.17, 15) is 4.79 Å². The van der Waals surface area contributed by atoms with Crippen molar-refractivity contribution in [2.45, 2.75) is 43.9 Å². The number of likely N-dealkylation sites (tertiary alicyclic amines) is 1. The fraction of sp³-hybridized carbons (Fsp3) is 0.647. The Hall–Kier alpha value is -1.82. The maximum Gasteiger partial charge on any atom is 0.320 e. The number of hydrogen-bond acceptors (Lipinski definition) is 4. The van der Waals surface area contributed by atoms with Crippen LogP contribution in [0.25, 0.3) is 0 Å². The first kappa shape index (κ1) is 14.8. The number of pyridine rings is 1. The standard InChI is InChI=1S/C17H23N3O3/c21-17(19-9-3-4-10-19)20-11-12-22-16-13(20)6-7-14(16)23-15-5-1-2-8-18-15/h1-2,5,8,13-14,16H,3-4,6-7,9-12H2/t13-,14-,16+/m0/s1. The van der Waals surface area contributed by atoms with E-state index in [0.717, 1.165) is 38.8 Å². The highest BCUT2D eigenvalue weighted by molar-refractivity contribution is 5.75. The maximum absolute atomic E-state index is 12.8. The molecule has 0 radical (unpaired) electrons. The molecule has 124 valence electrons. The molecule has 3 atom stereocenters. The second kappa shape index (κ2) is 6.35. The van der Waals surface area contributed by atoms with Crippen LogP contribution in [0.1, 0.15) is 25.7 Å². The van der Waals surface area contributed by atoms with Crippen molar-refractivity contribution in [3.63, 3.8) is 0 Å². The smallest absolute Gasteiger partial charge is 0.320 e. The summed E-state index contributed by atoms with van der Waals surface area (Å²) in [5.41, 5.74) is 0. The number of aromatic nitrogens is 1. The predicted octanol–water partition coefficient (Wildman–Crippen LogP) is 1.91. The number of carbonyl (C=O) groups excluding carboxylic acids is 1. The zero-order valence-corrected chi connectivity index (χ0v) is 13.3. The molecule has 1 aliphatic carbocycles. The first-order valence-corrected chi connectivity index (χ1v) is 8.58. The number of ether oxygens (including phenoxy) is 2. The van der Waals surface area contributed by atoms with Gasteiger partial charge in [0.15, 0.2) is 0 Å². The average molecular weight is 317 g/mol. The van der Waals surface area contributed by atoms with Crippen LogP contribution >= 0.6 is 0 Å². The zero-order valence-electron chi connectivity index (χ0n) is 13.3. The van der Waals surface area contributed by atoms with Gasteiger partial charge < -0.3 is 19.3 Å². The number of fused-ring (bicyclic) bond motifs is 1. The third kappa shape index (κ3) is 2.87. The van der Waals surface area contributed by atoms with E-state index in [4.69, 9.17) is 9.47 Å². The number of urea groups is 1. The molecule has 0 N–H and O–H groups in total. The van der Waals surface area contributed by atoms with E-state index in [1.807, 2.05) is 28.0 Å². The highest BCUT2D eigenvalue weighted by atomic mass is 16.5. The Morgan fingerprint density at radius 3 is 2.87 bits per heavy atom. The van der Waals surface area contributed by atoms with E-state index in [2.05, 4.69) is 4.98 Å². The normalized spacial score (nSPS) is 30.3. The van der Waals surface area contributed by atoms with Crippen molar-refractivity contribution in [2.75, 3.05) is 26.2 Å². The third-order valence-corrected chi connectivity index (χ3v) is 5.07. The van der Waals surface area contributed by atoms with Crippen LogP contribution in [0.4, 0.5) is 4.79 Å². The lowest BCUT2D eigenvalue weighted by molar-refractivity contribution is -0.0790. The summed E-state index contributed by atoms with van der Waals surface area (Å²) in [5, 5.41) is 0. The summed E-state index contributed by atoms with van der Waals surface area (Å²) in [6.45, 7) is 3.05. The van der Waals surface area contributed by atoms with Crippen molar-refractivity contribution in [2.24, 2.45) is 0 Å². The van der Waals surface area contributed by atoms with Crippen LogP contribution in [-0.4, -0.2) is 65.3 Å². The van der Waals surface area contributed by atoms with Gasteiger partial charge in [-0.05, 0) is 31.7 Å². The minimum absolute atomic E-state index is 0.0240. The Morgan fingerprint density at radius 1 is 1.22 bits per heavy atom. The van der Waals surface area contributed by atoms with Crippen molar-refractivity contribution in [3.05, 3.63) is 24.4 Å². The summed E-state index contributed by atoms with van der Waals surface area (Å²) in [6, 6.07) is 5.96. The van der Waals surface area contributed by atoms with Crippen LogP contribution in [0, 0.1) is 0 Å². The Bertz CT molecular complexity index is 547. The van der Waals surface area contributed by atoms with E-state index in [1.165, 1.54) is 0 Å². The Morgan fingerprint density at radius 2 is 2.09 bits per heavy atom.